The summed E-state index contributed by atoms with van der Waals surface area (Å²) in [6.45, 7) is 1.99. The van der Waals surface area contributed by atoms with Crippen LogP contribution >= 0.6 is 0 Å². The fraction of sp³-hybridized carbons (Fsp3) is 0.294. The summed E-state index contributed by atoms with van der Waals surface area (Å²) in [5, 5.41) is 9.78. The lowest BCUT2D eigenvalue weighted by Crippen LogP contribution is -2.44. The standard InChI is InChI=1S/C17H20N2O2/c1-13-6-2-3-8-15(13)17(12-18,16(20)21)10-9-14-7-4-5-11-19-14/h2-8,11H,9-10,12,18H2,1H3,(H,20,21). The smallest absolute Gasteiger partial charge is 0.315 e. The van der Waals surface area contributed by atoms with E-state index >= 15 is 0 Å². The number of hydrogen-bond acceptors (Lipinski definition) is 3. The molecule has 4 nitrogen and oxygen atoms in total. The number of hydrogen-bond donors (Lipinski definition) is 2. The molecule has 0 saturated heterocycles. The van der Waals surface area contributed by atoms with E-state index < -0.39 is 11.4 Å². The van der Waals surface area contributed by atoms with Gasteiger partial charge in [0.2, 0.25) is 0 Å². The summed E-state index contributed by atoms with van der Waals surface area (Å²) in [6.07, 6.45) is 2.73. The average molecular weight is 284 g/mol. The fourth-order valence-electron chi connectivity index (χ4n) is 2.65. The number of carbonyl (C=O) groups is 1. The Morgan fingerprint density at radius 2 is 1.95 bits per heavy atom. The third kappa shape index (κ3) is 3.11. The minimum Gasteiger partial charge on any atom is -0.481 e. The van der Waals surface area contributed by atoms with Crippen LogP contribution in [0.3, 0.4) is 0 Å². The molecule has 0 bridgehead atoms. The van der Waals surface area contributed by atoms with Crippen LogP contribution in [0.15, 0.2) is 48.7 Å². The number of carboxylic acids is 1. The van der Waals surface area contributed by atoms with E-state index in [4.69, 9.17) is 5.73 Å². The second kappa shape index (κ2) is 6.50. The summed E-state index contributed by atoms with van der Waals surface area (Å²) in [5.74, 6) is -0.879. The van der Waals surface area contributed by atoms with Crippen molar-refractivity contribution in [1.29, 1.82) is 0 Å². The number of aromatic nitrogens is 1. The van der Waals surface area contributed by atoms with Gasteiger partial charge >= 0.3 is 5.97 Å². The van der Waals surface area contributed by atoms with Crippen molar-refractivity contribution < 1.29 is 9.90 Å². The van der Waals surface area contributed by atoms with Gasteiger partial charge in [-0.15, -0.1) is 0 Å². The van der Waals surface area contributed by atoms with Crippen LogP contribution in [0.25, 0.3) is 0 Å². The third-order valence-electron chi connectivity index (χ3n) is 3.95. The average Bonchev–Trinajstić information content (AvgIpc) is 2.50. The van der Waals surface area contributed by atoms with Crippen LogP contribution in [-0.2, 0) is 16.6 Å². The van der Waals surface area contributed by atoms with Crippen LogP contribution in [0.1, 0.15) is 23.2 Å². The van der Waals surface area contributed by atoms with E-state index in [9.17, 15) is 9.90 Å². The number of aryl methyl sites for hydroxylation is 2. The van der Waals surface area contributed by atoms with Gasteiger partial charge in [0.05, 0.1) is 0 Å². The topological polar surface area (TPSA) is 76.2 Å². The Labute approximate surface area is 124 Å². The number of pyridine rings is 1. The molecule has 3 N–H and O–H groups in total. The van der Waals surface area contributed by atoms with Gasteiger partial charge in [-0.1, -0.05) is 30.3 Å². The maximum Gasteiger partial charge on any atom is 0.315 e. The van der Waals surface area contributed by atoms with Crippen molar-refractivity contribution >= 4 is 5.97 Å². The molecule has 0 aliphatic heterocycles. The lowest BCUT2D eigenvalue weighted by atomic mass is 9.74. The molecule has 1 atom stereocenters. The quantitative estimate of drug-likeness (QED) is 0.853. The number of nitrogens with two attached hydrogens (primary N) is 1. The number of nitrogens with zero attached hydrogens (tertiary/aromatic N) is 1. The summed E-state index contributed by atoms with van der Waals surface area (Å²) >= 11 is 0. The van der Waals surface area contributed by atoms with Crippen LogP contribution in [0.5, 0.6) is 0 Å². The third-order valence-corrected chi connectivity index (χ3v) is 3.95. The SMILES string of the molecule is Cc1ccccc1C(CN)(CCc1ccccn1)C(=O)O. The molecule has 0 amide bonds. The number of rotatable bonds is 6. The highest BCUT2D eigenvalue weighted by molar-refractivity contribution is 5.82. The highest BCUT2D eigenvalue weighted by atomic mass is 16.4. The Morgan fingerprint density at radius 1 is 1.24 bits per heavy atom. The maximum atomic E-state index is 11.9. The first-order valence-electron chi connectivity index (χ1n) is 6.99. The summed E-state index contributed by atoms with van der Waals surface area (Å²) in [7, 11) is 0. The van der Waals surface area contributed by atoms with Gasteiger partial charge in [0, 0.05) is 18.4 Å². The van der Waals surface area contributed by atoms with Crippen LogP contribution in [-0.4, -0.2) is 22.6 Å². The first-order chi connectivity index (χ1) is 10.1. The van der Waals surface area contributed by atoms with Gasteiger partial charge in [-0.05, 0) is 43.0 Å². The summed E-state index contributed by atoms with van der Waals surface area (Å²) in [4.78, 5) is 16.2. The second-order valence-corrected chi connectivity index (χ2v) is 5.23. The first-order valence-corrected chi connectivity index (χ1v) is 6.99. The van der Waals surface area contributed by atoms with Crippen molar-refractivity contribution in [2.45, 2.75) is 25.2 Å². The molecule has 2 aromatic rings. The molecule has 0 radical (unpaired) electrons. The Kier molecular flexibility index (Phi) is 4.70. The predicted molar refractivity (Wildman–Crippen MR) is 82.1 cm³/mol. The molecule has 1 unspecified atom stereocenters. The summed E-state index contributed by atoms with van der Waals surface area (Å²) in [5.41, 5.74) is 7.42. The fourth-order valence-corrected chi connectivity index (χ4v) is 2.65. The van der Waals surface area contributed by atoms with E-state index in [-0.39, 0.29) is 6.54 Å². The van der Waals surface area contributed by atoms with E-state index in [2.05, 4.69) is 4.98 Å². The zero-order valence-corrected chi connectivity index (χ0v) is 12.1. The van der Waals surface area contributed by atoms with Crippen molar-refractivity contribution in [3.8, 4) is 0 Å². The molecule has 0 fully saturated rings. The molecule has 1 aromatic carbocycles. The van der Waals surface area contributed by atoms with Crippen molar-refractivity contribution in [2.24, 2.45) is 5.73 Å². The molecule has 0 saturated carbocycles. The zero-order chi connectivity index (χ0) is 15.3. The number of carboxylic acid groups (broad SMARTS) is 1. The van der Waals surface area contributed by atoms with Gasteiger partial charge in [-0.3, -0.25) is 9.78 Å². The van der Waals surface area contributed by atoms with Crippen molar-refractivity contribution in [3.63, 3.8) is 0 Å². The van der Waals surface area contributed by atoms with Crippen LogP contribution in [0.2, 0.25) is 0 Å². The second-order valence-electron chi connectivity index (χ2n) is 5.23. The largest absolute Gasteiger partial charge is 0.481 e. The van der Waals surface area contributed by atoms with Gasteiger partial charge in [0.15, 0.2) is 0 Å². The van der Waals surface area contributed by atoms with Crippen LogP contribution in [0.4, 0.5) is 0 Å². The van der Waals surface area contributed by atoms with Gasteiger partial charge in [0.25, 0.3) is 0 Å². The minimum absolute atomic E-state index is 0.0695. The van der Waals surface area contributed by atoms with Crippen molar-refractivity contribution in [1.82, 2.24) is 4.98 Å². The monoisotopic (exact) mass is 284 g/mol. The van der Waals surface area contributed by atoms with E-state index in [1.165, 1.54) is 0 Å². The van der Waals surface area contributed by atoms with E-state index in [0.717, 1.165) is 16.8 Å². The van der Waals surface area contributed by atoms with Crippen molar-refractivity contribution in [3.05, 3.63) is 65.5 Å². The molecular weight excluding hydrogens is 264 g/mol. The van der Waals surface area contributed by atoms with Crippen LogP contribution in [0, 0.1) is 6.92 Å². The normalized spacial score (nSPS) is 13.6. The Balaban J connectivity index is 2.34. The molecule has 0 aliphatic carbocycles. The van der Waals surface area contributed by atoms with E-state index in [0.29, 0.717) is 12.8 Å². The molecule has 0 aliphatic rings. The lowest BCUT2D eigenvalue weighted by molar-refractivity contribution is -0.143. The van der Waals surface area contributed by atoms with Crippen LogP contribution < -0.4 is 5.73 Å². The number of aliphatic carboxylic acids is 1. The predicted octanol–water partition coefficient (Wildman–Crippen LogP) is 2.30. The number of benzene rings is 1. The Hall–Kier alpha value is -2.20. The molecule has 1 heterocycles. The van der Waals surface area contributed by atoms with E-state index in [1.807, 2.05) is 49.4 Å². The highest BCUT2D eigenvalue weighted by Gasteiger charge is 2.39. The highest BCUT2D eigenvalue weighted by Crippen LogP contribution is 2.31. The summed E-state index contributed by atoms with van der Waals surface area (Å²) in [6, 6.07) is 13.2. The molecular formula is C17H20N2O2. The lowest BCUT2D eigenvalue weighted by Gasteiger charge is -2.30. The molecule has 4 heteroatoms. The van der Waals surface area contributed by atoms with Crippen molar-refractivity contribution in [2.75, 3.05) is 6.54 Å². The van der Waals surface area contributed by atoms with Gasteiger partial charge < -0.3 is 10.8 Å². The van der Waals surface area contributed by atoms with Gasteiger partial charge in [-0.25, -0.2) is 0 Å². The molecule has 2 rings (SSSR count). The zero-order valence-electron chi connectivity index (χ0n) is 12.1. The van der Waals surface area contributed by atoms with Gasteiger partial charge in [0.1, 0.15) is 5.41 Å². The minimum atomic E-state index is -1.07. The van der Waals surface area contributed by atoms with Gasteiger partial charge in [-0.2, -0.15) is 0 Å². The molecule has 110 valence electrons. The molecule has 1 aromatic heterocycles. The molecule has 0 spiro atoms. The Morgan fingerprint density at radius 3 is 2.52 bits per heavy atom. The first kappa shape index (κ1) is 15.2. The Bertz CT molecular complexity index is 613. The maximum absolute atomic E-state index is 11.9. The molecule has 21 heavy (non-hydrogen) atoms. The summed E-state index contributed by atoms with van der Waals surface area (Å²) < 4.78 is 0. The van der Waals surface area contributed by atoms with E-state index in [1.54, 1.807) is 6.20 Å².